The minimum Gasteiger partial charge on any atom is -0.324 e. The summed E-state index contributed by atoms with van der Waals surface area (Å²) in [5.74, 6) is 0. The molecule has 1 saturated carbocycles. The van der Waals surface area contributed by atoms with Gasteiger partial charge < -0.3 is 11.1 Å². The second kappa shape index (κ2) is 4.67. The average molecular weight is 244 g/mol. The molecule has 2 aliphatic carbocycles. The fraction of sp³-hybridized carbons (Fsp3) is 0.625. The van der Waals surface area contributed by atoms with Gasteiger partial charge >= 0.3 is 0 Å². The maximum absolute atomic E-state index is 6.21. The maximum Gasteiger partial charge on any atom is 0.0341 e. The van der Waals surface area contributed by atoms with Crippen molar-refractivity contribution in [3.63, 3.8) is 0 Å². The summed E-state index contributed by atoms with van der Waals surface area (Å²) in [6.45, 7) is 3.47. The Labute approximate surface area is 110 Å². The van der Waals surface area contributed by atoms with Gasteiger partial charge in [0.05, 0.1) is 0 Å². The van der Waals surface area contributed by atoms with Crippen LogP contribution >= 0.6 is 0 Å². The Morgan fingerprint density at radius 1 is 1.28 bits per heavy atom. The van der Waals surface area contributed by atoms with Crippen molar-refractivity contribution in [3.05, 3.63) is 35.4 Å². The lowest BCUT2D eigenvalue weighted by Gasteiger charge is -2.20. The van der Waals surface area contributed by atoms with E-state index >= 15 is 0 Å². The van der Waals surface area contributed by atoms with Crippen LogP contribution in [0.2, 0.25) is 0 Å². The summed E-state index contributed by atoms with van der Waals surface area (Å²) in [4.78, 5) is 0. The first-order valence-corrected chi connectivity index (χ1v) is 7.32. The summed E-state index contributed by atoms with van der Waals surface area (Å²) in [5.41, 5.74) is 9.60. The highest BCUT2D eigenvalue weighted by Crippen LogP contribution is 2.49. The monoisotopic (exact) mass is 244 g/mol. The molecule has 3 N–H and O–H groups in total. The van der Waals surface area contributed by atoms with Crippen LogP contribution in [-0.2, 0) is 0 Å². The Hall–Kier alpha value is -0.860. The predicted octanol–water partition coefficient (Wildman–Crippen LogP) is 3.30. The topological polar surface area (TPSA) is 38.0 Å². The first-order chi connectivity index (χ1) is 8.74. The molecule has 0 amide bonds. The van der Waals surface area contributed by atoms with Crippen LogP contribution in [0.4, 0.5) is 0 Å². The molecule has 0 heterocycles. The molecule has 0 bridgehead atoms. The molecule has 0 aromatic heterocycles. The zero-order chi connectivity index (χ0) is 12.6. The van der Waals surface area contributed by atoms with Gasteiger partial charge in [-0.1, -0.05) is 37.6 Å². The zero-order valence-corrected chi connectivity index (χ0v) is 11.3. The van der Waals surface area contributed by atoms with Gasteiger partial charge in [0.15, 0.2) is 0 Å². The Kier molecular flexibility index (Phi) is 3.16. The molecule has 2 atom stereocenters. The highest BCUT2D eigenvalue weighted by molar-refractivity contribution is 5.37. The van der Waals surface area contributed by atoms with Crippen molar-refractivity contribution in [2.75, 3.05) is 6.54 Å². The van der Waals surface area contributed by atoms with Gasteiger partial charge in [-0.2, -0.15) is 0 Å². The van der Waals surface area contributed by atoms with Gasteiger partial charge in [-0.25, -0.2) is 0 Å². The Bertz CT molecular complexity index is 423. The van der Waals surface area contributed by atoms with Crippen molar-refractivity contribution < 1.29 is 0 Å². The van der Waals surface area contributed by atoms with Crippen LogP contribution in [0, 0.1) is 5.41 Å². The molecule has 2 heteroatoms. The predicted molar refractivity (Wildman–Crippen MR) is 75.3 cm³/mol. The molecule has 1 aromatic rings. The lowest BCUT2D eigenvalue weighted by molar-refractivity contribution is 0.381. The quantitative estimate of drug-likeness (QED) is 0.834. The van der Waals surface area contributed by atoms with E-state index in [-0.39, 0.29) is 6.04 Å². The van der Waals surface area contributed by atoms with Gasteiger partial charge in [0.1, 0.15) is 0 Å². The Balaban J connectivity index is 1.65. The van der Waals surface area contributed by atoms with Crippen molar-refractivity contribution in [2.24, 2.45) is 11.1 Å². The van der Waals surface area contributed by atoms with Gasteiger partial charge in [0.2, 0.25) is 0 Å². The van der Waals surface area contributed by atoms with Crippen molar-refractivity contribution in [3.8, 4) is 0 Å². The Morgan fingerprint density at radius 3 is 2.67 bits per heavy atom. The molecule has 98 valence electrons. The normalized spacial score (nSPS) is 28.1. The van der Waals surface area contributed by atoms with Crippen LogP contribution in [0.25, 0.3) is 0 Å². The van der Waals surface area contributed by atoms with Gasteiger partial charge in [0, 0.05) is 18.6 Å². The van der Waals surface area contributed by atoms with Crippen molar-refractivity contribution in [1.82, 2.24) is 5.32 Å². The van der Waals surface area contributed by atoms with E-state index < -0.39 is 0 Å². The molecule has 0 saturated heterocycles. The number of fused-ring (bicyclic) bond motifs is 1. The number of nitrogens with one attached hydrogen (secondary N) is 1. The van der Waals surface area contributed by atoms with Crippen LogP contribution in [0.1, 0.15) is 62.2 Å². The number of hydrogen-bond donors (Lipinski definition) is 2. The molecule has 0 radical (unpaired) electrons. The number of hydrogen-bond acceptors (Lipinski definition) is 2. The summed E-state index contributed by atoms with van der Waals surface area (Å²) in [6.07, 6.45) is 6.56. The highest BCUT2D eigenvalue weighted by atomic mass is 15.0. The number of benzene rings is 1. The third-order valence-corrected chi connectivity index (χ3v) is 4.72. The minimum absolute atomic E-state index is 0.222. The standard InChI is InChI=1S/C16H24N2/c1-2-7-16(8-9-16)11-18-15-10-14(17)12-5-3-4-6-13(12)15/h3-6,14-15,18H,2,7-11,17H2,1H3. The minimum atomic E-state index is 0.222. The van der Waals surface area contributed by atoms with Crippen molar-refractivity contribution >= 4 is 0 Å². The fourth-order valence-electron chi connectivity index (χ4n) is 3.43. The number of nitrogens with two attached hydrogens (primary N) is 1. The molecule has 1 fully saturated rings. The third kappa shape index (κ3) is 2.19. The number of rotatable bonds is 5. The summed E-state index contributed by atoms with van der Waals surface area (Å²) in [6, 6.07) is 9.34. The van der Waals surface area contributed by atoms with Crippen molar-refractivity contribution in [2.45, 2.75) is 51.1 Å². The molecule has 2 unspecified atom stereocenters. The van der Waals surface area contributed by atoms with Gasteiger partial charge in [-0.3, -0.25) is 0 Å². The van der Waals surface area contributed by atoms with Crippen molar-refractivity contribution in [1.29, 1.82) is 0 Å². The van der Waals surface area contributed by atoms with E-state index in [1.54, 1.807) is 0 Å². The van der Waals surface area contributed by atoms with Gasteiger partial charge in [0.25, 0.3) is 0 Å². The second-order valence-electron chi connectivity index (χ2n) is 6.15. The molecule has 0 aliphatic heterocycles. The summed E-state index contributed by atoms with van der Waals surface area (Å²) in [7, 11) is 0. The van der Waals surface area contributed by atoms with E-state index in [9.17, 15) is 0 Å². The summed E-state index contributed by atoms with van der Waals surface area (Å²) >= 11 is 0. The second-order valence-corrected chi connectivity index (χ2v) is 6.15. The van der Waals surface area contributed by atoms with Crippen LogP contribution < -0.4 is 11.1 Å². The molecule has 2 nitrogen and oxygen atoms in total. The van der Waals surface area contributed by atoms with Crippen LogP contribution in [0.3, 0.4) is 0 Å². The first-order valence-electron chi connectivity index (χ1n) is 7.32. The summed E-state index contributed by atoms with van der Waals surface area (Å²) < 4.78 is 0. The SMILES string of the molecule is CCCC1(CNC2CC(N)c3ccccc32)CC1. The molecule has 18 heavy (non-hydrogen) atoms. The molecular formula is C16H24N2. The summed E-state index contributed by atoms with van der Waals surface area (Å²) in [5, 5.41) is 3.78. The van der Waals surface area contributed by atoms with E-state index in [2.05, 4.69) is 36.5 Å². The molecule has 2 aliphatic rings. The van der Waals surface area contributed by atoms with E-state index in [0.717, 1.165) is 6.42 Å². The lowest BCUT2D eigenvalue weighted by Crippen LogP contribution is -2.27. The van der Waals surface area contributed by atoms with E-state index in [4.69, 9.17) is 5.73 Å². The fourth-order valence-corrected chi connectivity index (χ4v) is 3.43. The third-order valence-electron chi connectivity index (χ3n) is 4.72. The molecule has 1 aromatic carbocycles. The lowest BCUT2D eigenvalue weighted by atomic mass is 9.99. The highest BCUT2D eigenvalue weighted by Gasteiger charge is 2.42. The molecular weight excluding hydrogens is 220 g/mol. The largest absolute Gasteiger partial charge is 0.324 e. The Morgan fingerprint density at radius 2 is 2.00 bits per heavy atom. The first kappa shape index (κ1) is 12.2. The maximum atomic E-state index is 6.21. The van der Waals surface area contributed by atoms with E-state index in [0.29, 0.717) is 11.5 Å². The van der Waals surface area contributed by atoms with Crippen LogP contribution in [0.15, 0.2) is 24.3 Å². The average Bonchev–Trinajstić information content (AvgIpc) is 3.07. The van der Waals surface area contributed by atoms with Crippen LogP contribution in [-0.4, -0.2) is 6.54 Å². The van der Waals surface area contributed by atoms with Gasteiger partial charge in [-0.05, 0) is 42.2 Å². The van der Waals surface area contributed by atoms with Crippen LogP contribution in [0.5, 0.6) is 0 Å². The molecule has 0 spiro atoms. The molecule has 3 rings (SSSR count). The van der Waals surface area contributed by atoms with Gasteiger partial charge in [-0.15, -0.1) is 0 Å². The van der Waals surface area contributed by atoms with E-state index in [1.165, 1.54) is 43.4 Å². The smallest absolute Gasteiger partial charge is 0.0341 e. The van der Waals surface area contributed by atoms with E-state index in [1.807, 2.05) is 0 Å². The zero-order valence-electron chi connectivity index (χ0n) is 11.3.